The largest absolute Gasteiger partial charge is 0.353 e. The van der Waals surface area contributed by atoms with Gasteiger partial charge >= 0.3 is 0 Å². The third-order valence-corrected chi connectivity index (χ3v) is 7.53. The van der Waals surface area contributed by atoms with Crippen molar-refractivity contribution >= 4 is 15.4 Å². The highest BCUT2D eigenvalue weighted by molar-refractivity contribution is 8.00. The molecule has 1 aromatic carbocycles. The molecule has 0 bridgehead atoms. The lowest BCUT2D eigenvalue weighted by molar-refractivity contribution is -0.167. The number of benzene rings is 1. The molecule has 2 fully saturated rings. The highest BCUT2D eigenvalue weighted by Crippen LogP contribution is 2.15. The molecule has 0 amide bonds. The van der Waals surface area contributed by atoms with Gasteiger partial charge in [0.25, 0.3) is 0 Å². The van der Waals surface area contributed by atoms with Crippen LogP contribution in [0.1, 0.15) is 85.3 Å². The number of hydrogen-bond donors (Lipinski definition) is 0. The second-order valence-corrected chi connectivity index (χ2v) is 13.4. The Bertz CT molecular complexity index is 706. The van der Waals surface area contributed by atoms with Crippen molar-refractivity contribution in [3.63, 3.8) is 0 Å². The van der Waals surface area contributed by atoms with Crippen molar-refractivity contribution in [3.05, 3.63) is 35.4 Å². The summed E-state index contributed by atoms with van der Waals surface area (Å²) in [6.07, 6.45) is 3.61. The Morgan fingerprint density at radius 3 is 2.06 bits per heavy atom. The molecule has 1 aromatic rings. The molecule has 1 unspecified atom stereocenters. The van der Waals surface area contributed by atoms with Crippen LogP contribution in [-0.4, -0.2) is 65.6 Å². The van der Waals surface area contributed by atoms with E-state index >= 15 is 0 Å². The molecule has 0 aromatic heterocycles. The SMILES string of the molecule is C.C=S1(=O)CCN(CC(C)C)CC1.CC(C)COC1CCCCO1.Cc1ccc(C(C)C)cc1. The van der Waals surface area contributed by atoms with Crippen molar-refractivity contribution in [2.45, 2.75) is 87.4 Å². The summed E-state index contributed by atoms with van der Waals surface area (Å²) in [6, 6.07) is 8.71. The van der Waals surface area contributed by atoms with Gasteiger partial charge in [-0.1, -0.05) is 78.8 Å². The molecule has 3 rings (SSSR count). The van der Waals surface area contributed by atoms with E-state index in [1.54, 1.807) is 0 Å². The first kappa shape index (κ1) is 33.1. The van der Waals surface area contributed by atoms with Gasteiger partial charge in [0.1, 0.15) is 0 Å². The van der Waals surface area contributed by atoms with Crippen molar-refractivity contribution in [1.82, 2.24) is 4.90 Å². The van der Waals surface area contributed by atoms with E-state index in [-0.39, 0.29) is 13.7 Å². The number of ether oxygens (including phenoxy) is 2. The monoisotopic (exact) mass is 497 g/mol. The topological polar surface area (TPSA) is 38.8 Å². The fraction of sp³-hybridized carbons (Fsp3) is 0.759. The first-order valence-corrected chi connectivity index (χ1v) is 14.9. The molecule has 0 spiro atoms. The predicted octanol–water partition coefficient (Wildman–Crippen LogP) is 6.61. The molecule has 2 aliphatic heterocycles. The molecule has 1 atom stereocenters. The van der Waals surface area contributed by atoms with Gasteiger partial charge in [-0.3, -0.25) is 4.21 Å². The molecular weight excluding hydrogens is 442 g/mol. The normalized spacial score (nSPS) is 20.1. The Morgan fingerprint density at radius 1 is 1.03 bits per heavy atom. The van der Waals surface area contributed by atoms with Crippen molar-refractivity contribution in [3.8, 4) is 0 Å². The molecule has 0 aliphatic carbocycles. The Balaban J connectivity index is 0.000000475. The first-order valence-electron chi connectivity index (χ1n) is 12.8. The first-order chi connectivity index (χ1) is 15.5. The van der Waals surface area contributed by atoms with E-state index in [0.717, 1.165) is 50.8 Å². The zero-order valence-corrected chi connectivity index (χ0v) is 23.3. The Labute approximate surface area is 212 Å². The molecule has 0 saturated carbocycles. The van der Waals surface area contributed by atoms with E-state index in [2.05, 4.69) is 83.5 Å². The Morgan fingerprint density at radius 2 is 1.62 bits per heavy atom. The number of rotatable bonds is 6. The van der Waals surface area contributed by atoms with Crippen LogP contribution in [0.5, 0.6) is 0 Å². The molecule has 2 aliphatic rings. The van der Waals surface area contributed by atoms with Crippen LogP contribution in [-0.2, 0) is 19.0 Å². The van der Waals surface area contributed by atoms with Crippen LogP contribution in [0.3, 0.4) is 0 Å². The molecule has 4 nitrogen and oxygen atoms in total. The van der Waals surface area contributed by atoms with Crippen molar-refractivity contribution in [2.24, 2.45) is 11.8 Å². The van der Waals surface area contributed by atoms with Gasteiger partial charge in [0.15, 0.2) is 6.29 Å². The van der Waals surface area contributed by atoms with Gasteiger partial charge in [-0.15, -0.1) is 0 Å². The average molecular weight is 498 g/mol. The number of nitrogens with zero attached hydrogens (tertiary/aromatic N) is 1. The summed E-state index contributed by atoms with van der Waals surface area (Å²) in [6.45, 7) is 20.1. The molecule has 34 heavy (non-hydrogen) atoms. The van der Waals surface area contributed by atoms with E-state index in [4.69, 9.17) is 9.47 Å². The second kappa shape index (κ2) is 17.5. The number of hydrogen-bond acceptors (Lipinski definition) is 4. The fourth-order valence-corrected chi connectivity index (χ4v) is 4.98. The quantitative estimate of drug-likeness (QED) is 0.414. The lowest BCUT2D eigenvalue weighted by Crippen LogP contribution is -2.41. The van der Waals surface area contributed by atoms with Crippen LogP contribution in [0.4, 0.5) is 0 Å². The Hall–Kier alpha value is -0.880. The van der Waals surface area contributed by atoms with Crippen molar-refractivity contribution in [1.29, 1.82) is 0 Å². The van der Waals surface area contributed by atoms with Crippen LogP contribution in [0.2, 0.25) is 0 Å². The van der Waals surface area contributed by atoms with Gasteiger partial charge in [-0.05, 0) is 64.9 Å². The maximum absolute atomic E-state index is 11.5. The molecule has 0 N–H and O–H groups in total. The highest BCUT2D eigenvalue weighted by atomic mass is 32.2. The standard InChI is InChI=1S/C10H14.C9H19NOS.C9H18O2.CH4/c1-8(2)10-6-4-9(3)5-7-10;1-9(2)8-10-4-6-12(3,11)7-5-10;1-8(2)7-11-9-5-3-4-6-10-9;/h4-8H,1-3H3;9H,3-8H2,1-2H3;8-9H,3-7H2,1-2H3;1H4. The zero-order chi connectivity index (χ0) is 24.9. The van der Waals surface area contributed by atoms with Gasteiger partial charge in [-0.2, -0.15) is 0 Å². The minimum Gasteiger partial charge on any atom is -0.353 e. The fourth-order valence-electron chi connectivity index (χ4n) is 3.60. The molecule has 0 radical (unpaired) electrons. The maximum Gasteiger partial charge on any atom is 0.157 e. The van der Waals surface area contributed by atoms with Gasteiger partial charge in [0.05, 0.1) is 6.61 Å². The van der Waals surface area contributed by atoms with Crippen LogP contribution in [0, 0.1) is 18.8 Å². The van der Waals surface area contributed by atoms with Crippen molar-refractivity contribution in [2.75, 3.05) is 44.4 Å². The van der Waals surface area contributed by atoms with E-state index in [1.165, 1.54) is 24.0 Å². The van der Waals surface area contributed by atoms with Gasteiger partial charge in [-0.25, -0.2) is 0 Å². The lowest BCUT2D eigenvalue weighted by Gasteiger charge is -2.29. The average Bonchev–Trinajstić information content (AvgIpc) is 2.75. The summed E-state index contributed by atoms with van der Waals surface area (Å²) in [5.74, 6) is 7.30. The summed E-state index contributed by atoms with van der Waals surface area (Å²) in [7, 11) is -1.69. The van der Waals surface area contributed by atoms with E-state index in [0.29, 0.717) is 17.8 Å². The summed E-state index contributed by atoms with van der Waals surface area (Å²) in [5, 5.41) is 0. The molecular formula is C29H55NO3S. The third kappa shape index (κ3) is 15.9. The van der Waals surface area contributed by atoms with Gasteiger partial charge in [0.2, 0.25) is 0 Å². The summed E-state index contributed by atoms with van der Waals surface area (Å²) < 4.78 is 22.4. The van der Waals surface area contributed by atoms with Crippen molar-refractivity contribution < 1.29 is 13.7 Å². The smallest absolute Gasteiger partial charge is 0.157 e. The zero-order valence-electron chi connectivity index (χ0n) is 22.5. The maximum atomic E-state index is 11.5. The minimum atomic E-state index is -1.69. The summed E-state index contributed by atoms with van der Waals surface area (Å²) in [5.41, 5.74) is 2.76. The van der Waals surface area contributed by atoms with Crippen LogP contribution in [0.25, 0.3) is 0 Å². The highest BCUT2D eigenvalue weighted by Gasteiger charge is 2.17. The molecule has 200 valence electrons. The van der Waals surface area contributed by atoms with E-state index in [9.17, 15) is 4.21 Å². The summed E-state index contributed by atoms with van der Waals surface area (Å²) in [4.78, 5) is 2.39. The summed E-state index contributed by atoms with van der Waals surface area (Å²) >= 11 is 0. The molecule has 2 heterocycles. The minimum absolute atomic E-state index is 0. The van der Waals surface area contributed by atoms with Crippen LogP contribution < -0.4 is 0 Å². The van der Waals surface area contributed by atoms with Crippen LogP contribution >= 0.6 is 0 Å². The van der Waals surface area contributed by atoms with Crippen LogP contribution in [0.15, 0.2) is 24.3 Å². The van der Waals surface area contributed by atoms with E-state index < -0.39 is 9.52 Å². The molecule has 2 saturated heterocycles. The predicted molar refractivity (Wildman–Crippen MR) is 153 cm³/mol. The second-order valence-electron chi connectivity index (χ2n) is 10.7. The molecule has 5 heteroatoms. The van der Waals surface area contributed by atoms with Gasteiger partial charge < -0.3 is 14.4 Å². The number of aryl methyl sites for hydroxylation is 1. The third-order valence-electron chi connectivity index (χ3n) is 5.68. The van der Waals surface area contributed by atoms with E-state index in [1.807, 2.05) is 0 Å². The lowest BCUT2D eigenvalue weighted by atomic mass is 10.0. The Kier molecular flexibility index (Phi) is 17.1. The van der Waals surface area contributed by atoms with Gasteiger partial charge in [0, 0.05) is 37.7 Å².